The molecule has 1 aliphatic heterocycles. The highest BCUT2D eigenvalue weighted by atomic mass is 16.5. The van der Waals surface area contributed by atoms with E-state index in [1.807, 2.05) is 55.5 Å². The van der Waals surface area contributed by atoms with Crippen molar-refractivity contribution in [3.05, 3.63) is 84.1 Å². The molecule has 1 N–H and O–H groups in total. The lowest BCUT2D eigenvalue weighted by atomic mass is 10.1. The Balaban J connectivity index is 1.47. The first-order valence-electron chi connectivity index (χ1n) is 9.67. The van der Waals surface area contributed by atoms with Crippen molar-refractivity contribution in [2.24, 2.45) is 0 Å². The number of benzene rings is 3. The Morgan fingerprint density at radius 1 is 0.967 bits per heavy atom. The fourth-order valence-corrected chi connectivity index (χ4v) is 3.60. The van der Waals surface area contributed by atoms with Gasteiger partial charge in [0, 0.05) is 17.6 Å². The Labute approximate surface area is 172 Å². The van der Waals surface area contributed by atoms with Gasteiger partial charge in [-0.15, -0.1) is 0 Å². The molecule has 3 aromatic carbocycles. The van der Waals surface area contributed by atoms with Crippen molar-refractivity contribution in [3.8, 4) is 11.5 Å². The number of anilines is 2. The average molecular weight is 398 g/mol. The zero-order valence-electron chi connectivity index (χ0n) is 16.2. The minimum atomic E-state index is -0.385. The van der Waals surface area contributed by atoms with Crippen LogP contribution in [0.1, 0.15) is 27.8 Å². The number of nitrogens with one attached hydrogen (secondary N) is 1. The van der Waals surface area contributed by atoms with E-state index in [9.17, 15) is 9.59 Å². The monoisotopic (exact) mass is 398 g/mol. The van der Waals surface area contributed by atoms with Gasteiger partial charge in [-0.3, -0.25) is 9.59 Å². The molecular weight excluding hydrogens is 380 g/mol. The summed E-state index contributed by atoms with van der Waals surface area (Å²) < 4.78 is 11.6. The molecule has 0 fully saturated rings. The van der Waals surface area contributed by atoms with Gasteiger partial charge in [-0.2, -0.15) is 0 Å². The number of rotatable bonds is 3. The van der Waals surface area contributed by atoms with Crippen LogP contribution in [-0.4, -0.2) is 18.4 Å². The Hall–Kier alpha value is -4.06. The summed E-state index contributed by atoms with van der Waals surface area (Å²) in [6.07, 6.45) is 0. The number of hydrogen-bond donors (Lipinski definition) is 1. The van der Waals surface area contributed by atoms with E-state index >= 15 is 0 Å². The smallest absolute Gasteiger partial charge is 0.291 e. The number of fused-ring (bicyclic) bond motifs is 3. The summed E-state index contributed by atoms with van der Waals surface area (Å²) in [5.41, 5.74) is 2.23. The molecule has 148 valence electrons. The van der Waals surface area contributed by atoms with E-state index in [1.165, 1.54) is 0 Å². The van der Waals surface area contributed by atoms with Crippen LogP contribution in [-0.2, 0) is 0 Å². The largest absolute Gasteiger partial charge is 0.454 e. The number of para-hydroxylation sites is 3. The first-order chi connectivity index (χ1) is 14.6. The van der Waals surface area contributed by atoms with Crippen LogP contribution in [0.5, 0.6) is 11.5 Å². The van der Waals surface area contributed by atoms with Gasteiger partial charge in [0.05, 0.1) is 11.3 Å². The molecule has 1 aromatic heterocycles. The first kappa shape index (κ1) is 18.0. The molecule has 6 nitrogen and oxygen atoms in total. The number of carbonyl (C=O) groups excluding carboxylic acids is 2. The predicted octanol–water partition coefficient (Wildman–Crippen LogP) is 5.46. The summed E-state index contributed by atoms with van der Waals surface area (Å²) in [4.78, 5) is 27.5. The third-order valence-corrected chi connectivity index (χ3v) is 5.05. The zero-order valence-corrected chi connectivity index (χ0v) is 16.2. The van der Waals surface area contributed by atoms with E-state index in [2.05, 4.69) is 5.32 Å². The van der Waals surface area contributed by atoms with Crippen LogP contribution in [0.4, 0.5) is 11.4 Å². The minimum absolute atomic E-state index is 0.183. The van der Waals surface area contributed by atoms with Gasteiger partial charge in [-0.25, -0.2) is 0 Å². The van der Waals surface area contributed by atoms with Crippen molar-refractivity contribution in [2.45, 2.75) is 6.92 Å². The van der Waals surface area contributed by atoms with Gasteiger partial charge in [0.2, 0.25) is 0 Å². The lowest BCUT2D eigenvalue weighted by Gasteiger charge is -2.19. The summed E-state index contributed by atoms with van der Waals surface area (Å²) in [5, 5.41) is 3.66. The van der Waals surface area contributed by atoms with Crippen molar-refractivity contribution < 1.29 is 18.7 Å². The number of hydrogen-bond acceptors (Lipinski definition) is 4. The van der Waals surface area contributed by atoms with Crippen LogP contribution in [0.3, 0.4) is 0 Å². The van der Waals surface area contributed by atoms with Crippen LogP contribution in [0, 0.1) is 0 Å². The SMILES string of the molecule is CCN1C(=O)c2cc(NC(=O)c3cc4ccccc4o3)ccc2Oc2ccccc21. The van der Waals surface area contributed by atoms with Crippen LogP contribution < -0.4 is 15.0 Å². The molecule has 30 heavy (non-hydrogen) atoms. The number of nitrogens with zero attached hydrogens (tertiary/aromatic N) is 1. The predicted molar refractivity (Wildman–Crippen MR) is 114 cm³/mol. The van der Waals surface area contributed by atoms with Gasteiger partial charge < -0.3 is 19.4 Å². The van der Waals surface area contributed by atoms with Gasteiger partial charge in [0.1, 0.15) is 11.3 Å². The fourth-order valence-electron chi connectivity index (χ4n) is 3.60. The maximum atomic E-state index is 13.2. The lowest BCUT2D eigenvalue weighted by Crippen LogP contribution is -2.29. The van der Waals surface area contributed by atoms with E-state index in [-0.39, 0.29) is 17.6 Å². The van der Waals surface area contributed by atoms with Gasteiger partial charge in [-0.05, 0) is 49.4 Å². The van der Waals surface area contributed by atoms with Crippen LogP contribution in [0.15, 0.2) is 77.2 Å². The van der Waals surface area contributed by atoms with Gasteiger partial charge in [0.25, 0.3) is 11.8 Å². The number of furan rings is 1. The van der Waals surface area contributed by atoms with E-state index in [1.54, 1.807) is 29.2 Å². The maximum Gasteiger partial charge on any atom is 0.291 e. The summed E-state index contributed by atoms with van der Waals surface area (Å²) in [6.45, 7) is 2.40. The van der Waals surface area contributed by atoms with Gasteiger partial charge in [-0.1, -0.05) is 30.3 Å². The molecule has 1 aliphatic rings. The van der Waals surface area contributed by atoms with E-state index < -0.39 is 0 Å². The van der Waals surface area contributed by atoms with Crippen LogP contribution in [0.25, 0.3) is 11.0 Å². The molecule has 0 radical (unpaired) electrons. The standard InChI is InChI=1S/C24H18N2O4/c1-2-26-18-8-4-6-10-21(18)30-20-12-11-16(14-17(20)24(26)28)25-23(27)22-13-15-7-3-5-9-19(15)29-22/h3-14H,2H2,1H3,(H,25,27). The molecule has 0 bridgehead atoms. The molecular formula is C24H18N2O4. The first-order valence-corrected chi connectivity index (χ1v) is 9.67. The molecule has 0 saturated heterocycles. The average Bonchev–Trinajstić information content (AvgIpc) is 3.16. The fraction of sp³-hybridized carbons (Fsp3) is 0.0833. The number of amides is 2. The molecule has 6 heteroatoms. The van der Waals surface area contributed by atoms with E-state index in [0.717, 1.165) is 5.39 Å². The molecule has 0 unspecified atom stereocenters. The second-order valence-corrected chi connectivity index (χ2v) is 6.93. The van der Waals surface area contributed by atoms with Crippen molar-refractivity contribution in [2.75, 3.05) is 16.8 Å². The summed E-state index contributed by atoms with van der Waals surface area (Å²) in [5.74, 6) is 0.702. The van der Waals surface area contributed by atoms with E-state index in [4.69, 9.17) is 9.15 Å². The summed E-state index contributed by atoms with van der Waals surface area (Å²) in [6, 6.07) is 21.6. The lowest BCUT2D eigenvalue weighted by molar-refractivity contribution is 0.0982. The minimum Gasteiger partial charge on any atom is -0.454 e. The molecule has 4 aromatic rings. The van der Waals surface area contributed by atoms with Gasteiger partial charge >= 0.3 is 0 Å². The third kappa shape index (κ3) is 2.99. The highest BCUT2D eigenvalue weighted by molar-refractivity contribution is 6.11. The molecule has 2 amide bonds. The second-order valence-electron chi connectivity index (χ2n) is 6.93. The summed E-state index contributed by atoms with van der Waals surface area (Å²) >= 11 is 0. The molecule has 0 spiro atoms. The molecule has 0 saturated carbocycles. The molecule has 0 atom stereocenters. The second kappa shape index (κ2) is 7.08. The Morgan fingerprint density at radius 3 is 2.60 bits per heavy atom. The van der Waals surface area contributed by atoms with Crippen LogP contribution in [0.2, 0.25) is 0 Å². The normalized spacial score (nSPS) is 12.7. The Bertz CT molecular complexity index is 1260. The highest BCUT2D eigenvalue weighted by Gasteiger charge is 2.27. The quantitative estimate of drug-likeness (QED) is 0.498. The van der Waals surface area contributed by atoms with Crippen molar-refractivity contribution in [1.82, 2.24) is 0 Å². The topological polar surface area (TPSA) is 71.8 Å². The van der Waals surface area contributed by atoms with Crippen molar-refractivity contribution >= 4 is 34.2 Å². The Kier molecular flexibility index (Phi) is 4.25. The van der Waals surface area contributed by atoms with Gasteiger partial charge in [0.15, 0.2) is 11.5 Å². The Morgan fingerprint density at radius 2 is 1.77 bits per heavy atom. The summed E-state index contributed by atoms with van der Waals surface area (Å²) in [7, 11) is 0. The van der Waals surface area contributed by atoms with Crippen molar-refractivity contribution in [3.63, 3.8) is 0 Å². The number of carbonyl (C=O) groups is 2. The van der Waals surface area contributed by atoms with Crippen molar-refractivity contribution in [1.29, 1.82) is 0 Å². The van der Waals surface area contributed by atoms with E-state index in [0.29, 0.717) is 40.6 Å². The molecule has 5 rings (SSSR count). The van der Waals surface area contributed by atoms with Crippen LogP contribution >= 0.6 is 0 Å². The third-order valence-electron chi connectivity index (χ3n) is 5.05. The number of ether oxygens (including phenoxy) is 1. The maximum absolute atomic E-state index is 13.2. The molecule has 2 heterocycles. The highest BCUT2D eigenvalue weighted by Crippen LogP contribution is 2.39. The zero-order chi connectivity index (χ0) is 20.7. The molecule has 0 aliphatic carbocycles.